The van der Waals surface area contributed by atoms with Crippen molar-refractivity contribution in [2.24, 2.45) is 5.73 Å². The minimum absolute atomic E-state index is 0.317. The molecule has 0 amide bonds. The maximum absolute atomic E-state index is 13.4. The van der Waals surface area contributed by atoms with Gasteiger partial charge in [0.05, 0.1) is 11.4 Å². The highest BCUT2D eigenvalue weighted by Crippen LogP contribution is 2.34. The van der Waals surface area contributed by atoms with Crippen molar-refractivity contribution in [3.63, 3.8) is 0 Å². The first-order valence-electron chi connectivity index (χ1n) is 6.85. The number of nitrogens with zero attached hydrogens (tertiary/aromatic N) is 2. The van der Waals surface area contributed by atoms with Gasteiger partial charge in [0.25, 0.3) is 0 Å². The van der Waals surface area contributed by atoms with Gasteiger partial charge in [0, 0.05) is 17.3 Å². The molecule has 0 aliphatic heterocycles. The lowest BCUT2D eigenvalue weighted by Crippen LogP contribution is -2.19. The highest BCUT2D eigenvalue weighted by atomic mass is 19.2. The van der Waals surface area contributed by atoms with Crippen molar-refractivity contribution in [1.29, 1.82) is 0 Å². The lowest BCUT2D eigenvalue weighted by atomic mass is 9.85. The first kappa shape index (κ1) is 13.2. The molecule has 20 heavy (non-hydrogen) atoms. The first-order chi connectivity index (χ1) is 9.61. The SMILES string of the molecule is Cc1nn(-c2ccc(F)c(F)c2)c2c1C(CN)CCC2. The molecule has 2 N–H and O–H groups in total. The summed E-state index contributed by atoms with van der Waals surface area (Å²) in [5.74, 6) is -1.38. The summed E-state index contributed by atoms with van der Waals surface area (Å²) < 4.78 is 28.2. The van der Waals surface area contributed by atoms with Gasteiger partial charge in [-0.15, -0.1) is 0 Å². The molecule has 1 aliphatic carbocycles. The molecule has 1 aromatic heterocycles. The highest BCUT2D eigenvalue weighted by molar-refractivity contribution is 5.41. The molecule has 1 atom stereocenters. The van der Waals surface area contributed by atoms with Crippen LogP contribution in [0.3, 0.4) is 0 Å². The summed E-state index contributed by atoms with van der Waals surface area (Å²) in [6, 6.07) is 3.88. The summed E-state index contributed by atoms with van der Waals surface area (Å²) in [6.07, 6.45) is 3.00. The predicted molar refractivity (Wildman–Crippen MR) is 73.0 cm³/mol. The van der Waals surface area contributed by atoms with E-state index in [1.165, 1.54) is 11.6 Å². The van der Waals surface area contributed by atoms with Gasteiger partial charge in [-0.2, -0.15) is 5.10 Å². The number of nitrogens with two attached hydrogens (primary N) is 1. The third kappa shape index (κ3) is 2.02. The fraction of sp³-hybridized carbons (Fsp3) is 0.400. The van der Waals surface area contributed by atoms with Gasteiger partial charge in [-0.3, -0.25) is 0 Å². The van der Waals surface area contributed by atoms with E-state index in [9.17, 15) is 8.78 Å². The van der Waals surface area contributed by atoms with Gasteiger partial charge in [0.1, 0.15) is 0 Å². The Hall–Kier alpha value is -1.75. The number of aryl methyl sites for hydroxylation is 1. The van der Waals surface area contributed by atoms with Crippen molar-refractivity contribution in [3.05, 3.63) is 46.8 Å². The van der Waals surface area contributed by atoms with Crippen molar-refractivity contribution < 1.29 is 8.78 Å². The average Bonchev–Trinajstić information content (AvgIpc) is 2.79. The quantitative estimate of drug-likeness (QED) is 0.917. The smallest absolute Gasteiger partial charge is 0.160 e. The Kier molecular flexibility index (Phi) is 3.30. The molecule has 106 valence electrons. The molecule has 0 radical (unpaired) electrons. The molecule has 1 aliphatic rings. The summed E-state index contributed by atoms with van der Waals surface area (Å²) in [5, 5.41) is 4.50. The Labute approximate surface area is 116 Å². The summed E-state index contributed by atoms with van der Waals surface area (Å²) in [7, 11) is 0. The Morgan fingerprint density at radius 1 is 1.35 bits per heavy atom. The van der Waals surface area contributed by atoms with Crippen molar-refractivity contribution in [2.75, 3.05) is 6.54 Å². The van der Waals surface area contributed by atoms with Crippen LogP contribution in [0.5, 0.6) is 0 Å². The molecular weight excluding hydrogens is 260 g/mol. The van der Waals surface area contributed by atoms with Crippen LogP contribution in [0.25, 0.3) is 5.69 Å². The van der Waals surface area contributed by atoms with Gasteiger partial charge in [0.15, 0.2) is 11.6 Å². The highest BCUT2D eigenvalue weighted by Gasteiger charge is 2.26. The van der Waals surface area contributed by atoms with Crippen LogP contribution >= 0.6 is 0 Å². The molecule has 3 nitrogen and oxygen atoms in total. The molecule has 2 aromatic rings. The van der Waals surface area contributed by atoms with E-state index in [0.29, 0.717) is 18.2 Å². The first-order valence-corrected chi connectivity index (χ1v) is 6.85. The fourth-order valence-corrected chi connectivity index (χ4v) is 3.09. The van der Waals surface area contributed by atoms with Crippen molar-refractivity contribution in [3.8, 4) is 5.69 Å². The van der Waals surface area contributed by atoms with Crippen LogP contribution in [-0.2, 0) is 6.42 Å². The third-order valence-electron chi connectivity index (χ3n) is 4.01. The zero-order valence-corrected chi connectivity index (χ0v) is 11.4. The van der Waals surface area contributed by atoms with Gasteiger partial charge < -0.3 is 5.73 Å². The number of hydrogen-bond donors (Lipinski definition) is 1. The van der Waals surface area contributed by atoms with Gasteiger partial charge in [0.2, 0.25) is 0 Å². The fourth-order valence-electron chi connectivity index (χ4n) is 3.09. The Balaban J connectivity index is 2.13. The van der Waals surface area contributed by atoms with E-state index in [1.54, 1.807) is 10.7 Å². The molecule has 1 aromatic carbocycles. The summed E-state index contributed by atoms with van der Waals surface area (Å²) in [6.45, 7) is 2.54. The van der Waals surface area contributed by atoms with E-state index in [1.807, 2.05) is 6.92 Å². The number of rotatable bonds is 2. The van der Waals surface area contributed by atoms with Crippen LogP contribution in [0, 0.1) is 18.6 Å². The Morgan fingerprint density at radius 3 is 2.85 bits per heavy atom. The number of halogens is 2. The maximum atomic E-state index is 13.4. The number of hydrogen-bond acceptors (Lipinski definition) is 2. The van der Waals surface area contributed by atoms with E-state index < -0.39 is 11.6 Å². The molecule has 1 heterocycles. The largest absolute Gasteiger partial charge is 0.330 e. The van der Waals surface area contributed by atoms with Crippen LogP contribution in [0.4, 0.5) is 8.78 Å². The minimum atomic E-state index is -0.851. The van der Waals surface area contributed by atoms with Gasteiger partial charge >= 0.3 is 0 Å². The second-order valence-corrected chi connectivity index (χ2v) is 5.28. The maximum Gasteiger partial charge on any atom is 0.160 e. The van der Waals surface area contributed by atoms with Crippen LogP contribution in [-0.4, -0.2) is 16.3 Å². The molecule has 1 unspecified atom stereocenters. The second-order valence-electron chi connectivity index (χ2n) is 5.28. The molecule has 0 bridgehead atoms. The summed E-state index contributed by atoms with van der Waals surface area (Å²) in [4.78, 5) is 0. The summed E-state index contributed by atoms with van der Waals surface area (Å²) >= 11 is 0. The van der Waals surface area contributed by atoms with Crippen molar-refractivity contribution in [2.45, 2.75) is 32.1 Å². The molecule has 5 heteroatoms. The van der Waals surface area contributed by atoms with Crippen LogP contribution in [0.1, 0.15) is 35.7 Å². The monoisotopic (exact) mass is 277 g/mol. The predicted octanol–water partition coefficient (Wildman–Crippen LogP) is 2.84. The second kappa shape index (κ2) is 4.98. The Morgan fingerprint density at radius 2 is 2.15 bits per heavy atom. The molecule has 0 fully saturated rings. The number of benzene rings is 1. The van der Waals surface area contributed by atoms with E-state index >= 15 is 0 Å². The zero-order valence-electron chi connectivity index (χ0n) is 11.4. The van der Waals surface area contributed by atoms with Crippen LogP contribution in [0.15, 0.2) is 18.2 Å². The van der Waals surface area contributed by atoms with Gasteiger partial charge in [-0.05, 0) is 50.8 Å². The van der Waals surface area contributed by atoms with Crippen molar-refractivity contribution >= 4 is 0 Å². The number of aromatic nitrogens is 2. The van der Waals surface area contributed by atoms with Crippen molar-refractivity contribution in [1.82, 2.24) is 9.78 Å². The third-order valence-corrected chi connectivity index (χ3v) is 4.01. The summed E-state index contributed by atoms with van der Waals surface area (Å²) in [5.41, 5.74) is 9.59. The molecule has 0 saturated carbocycles. The lowest BCUT2D eigenvalue weighted by molar-refractivity contribution is 0.506. The average molecular weight is 277 g/mol. The Bertz CT molecular complexity index is 649. The number of fused-ring (bicyclic) bond motifs is 1. The van der Waals surface area contributed by atoms with Crippen LogP contribution in [0.2, 0.25) is 0 Å². The minimum Gasteiger partial charge on any atom is -0.330 e. The topological polar surface area (TPSA) is 43.8 Å². The molecule has 0 spiro atoms. The normalized spacial score (nSPS) is 18.1. The molecule has 0 saturated heterocycles. The van der Waals surface area contributed by atoms with Gasteiger partial charge in [-0.1, -0.05) is 0 Å². The van der Waals surface area contributed by atoms with Crippen LogP contribution < -0.4 is 5.73 Å². The lowest BCUT2D eigenvalue weighted by Gasteiger charge is -2.22. The van der Waals surface area contributed by atoms with E-state index in [4.69, 9.17) is 5.73 Å². The molecular formula is C15H17F2N3. The van der Waals surface area contributed by atoms with Gasteiger partial charge in [-0.25, -0.2) is 13.5 Å². The standard InChI is InChI=1S/C15H17F2N3/c1-9-15-10(8-18)3-2-4-14(15)20(19-9)11-5-6-12(16)13(17)7-11/h5-7,10H,2-4,8,18H2,1H3. The van der Waals surface area contributed by atoms with E-state index in [-0.39, 0.29) is 0 Å². The zero-order chi connectivity index (χ0) is 14.3. The van der Waals surface area contributed by atoms with E-state index in [2.05, 4.69) is 5.10 Å². The molecule has 3 rings (SSSR count). The van der Waals surface area contributed by atoms with E-state index in [0.717, 1.165) is 36.7 Å².